The van der Waals surface area contributed by atoms with Crippen molar-refractivity contribution in [3.63, 3.8) is 0 Å². The van der Waals surface area contributed by atoms with Gasteiger partial charge in [0.2, 0.25) is 0 Å². The average Bonchev–Trinajstić information content (AvgIpc) is 3.49. The molecule has 0 aliphatic heterocycles. The number of nitrogens with one attached hydrogen (secondary N) is 1. The molecule has 1 N–H and O–H groups in total. The normalized spacial score (nSPS) is 13.1. The lowest BCUT2D eigenvalue weighted by Crippen LogP contribution is -2.41. The molecule has 0 amide bonds. The molecule has 1 aromatic rings. The average molecular weight is 588 g/mol. The first-order chi connectivity index (χ1) is 20.7. The van der Waals surface area contributed by atoms with Gasteiger partial charge in [-0.25, -0.2) is 9.55 Å². The Morgan fingerprint density at radius 2 is 0.762 bits per heavy atom. The van der Waals surface area contributed by atoms with Gasteiger partial charge in [0.1, 0.15) is 12.4 Å². The van der Waals surface area contributed by atoms with Gasteiger partial charge in [0.25, 0.3) is 5.82 Å². The first kappa shape index (κ1) is 39.2. The topological polar surface area (TPSA) is 19.7 Å². The third kappa shape index (κ3) is 21.8. The number of rotatable bonds is 33. The molecular weight excluding hydrogens is 508 g/mol. The van der Waals surface area contributed by atoms with E-state index in [0.29, 0.717) is 12.0 Å². The van der Waals surface area contributed by atoms with Crippen LogP contribution in [0.15, 0.2) is 12.4 Å². The van der Waals surface area contributed by atoms with Crippen LogP contribution in [0.25, 0.3) is 0 Å². The number of hydrogen-bond donors (Lipinski definition) is 1. The van der Waals surface area contributed by atoms with Crippen LogP contribution in [0, 0.1) is 0 Å². The molecule has 1 aromatic heterocycles. The fourth-order valence-corrected chi connectivity index (χ4v) is 6.96. The van der Waals surface area contributed by atoms with E-state index in [9.17, 15) is 0 Å². The van der Waals surface area contributed by atoms with Crippen molar-refractivity contribution < 1.29 is 4.57 Å². The predicted octanol–water partition coefficient (Wildman–Crippen LogP) is 14.1. The van der Waals surface area contributed by atoms with Gasteiger partial charge in [0, 0.05) is 0 Å². The molecule has 0 bridgehead atoms. The van der Waals surface area contributed by atoms with Crippen molar-refractivity contribution in [2.24, 2.45) is 0 Å². The summed E-state index contributed by atoms with van der Waals surface area (Å²) in [6.45, 7) is 9.42. The molecule has 0 fully saturated rings. The first-order valence-electron chi connectivity index (χ1n) is 19.8. The lowest BCUT2D eigenvalue weighted by Gasteiger charge is -2.17. The van der Waals surface area contributed by atoms with Crippen molar-refractivity contribution in [1.29, 1.82) is 0 Å². The van der Waals surface area contributed by atoms with E-state index in [-0.39, 0.29) is 0 Å². The molecule has 248 valence electrons. The Balaban J connectivity index is 2.37. The maximum Gasteiger partial charge on any atom is 0.257 e. The molecule has 1 heterocycles. The van der Waals surface area contributed by atoms with Crippen LogP contribution in [0.1, 0.15) is 245 Å². The molecule has 1 rings (SSSR count). The summed E-state index contributed by atoms with van der Waals surface area (Å²) in [5.74, 6) is 2.25. The van der Waals surface area contributed by atoms with Gasteiger partial charge in [0.05, 0.1) is 12.0 Å². The van der Waals surface area contributed by atoms with E-state index in [1.54, 1.807) is 0 Å². The zero-order chi connectivity index (χ0) is 30.4. The monoisotopic (exact) mass is 588 g/mol. The molecule has 2 nitrogen and oxygen atoms in total. The third-order valence-electron chi connectivity index (χ3n) is 9.89. The Bertz CT molecular complexity index is 650. The Morgan fingerprint density at radius 1 is 0.452 bits per heavy atom. The highest BCUT2D eigenvalue weighted by Gasteiger charge is 2.25. The van der Waals surface area contributed by atoms with Crippen LogP contribution < -0.4 is 4.57 Å². The largest absolute Gasteiger partial charge is 0.257 e. The van der Waals surface area contributed by atoms with Gasteiger partial charge in [-0.15, -0.1) is 0 Å². The van der Waals surface area contributed by atoms with Crippen LogP contribution >= 0.6 is 0 Å². The second-order valence-corrected chi connectivity index (χ2v) is 14.0. The zero-order valence-corrected chi connectivity index (χ0v) is 29.7. The smallest absolute Gasteiger partial charge is 0.247 e. The molecule has 0 spiro atoms. The summed E-state index contributed by atoms with van der Waals surface area (Å²) in [5, 5.41) is 0. The van der Waals surface area contributed by atoms with Gasteiger partial charge in [-0.2, -0.15) is 0 Å². The fourth-order valence-electron chi connectivity index (χ4n) is 6.96. The Hall–Kier alpha value is -0.790. The van der Waals surface area contributed by atoms with E-state index in [0.717, 1.165) is 0 Å². The number of hydrogen-bond acceptors (Lipinski definition) is 0. The lowest BCUT2D eigenvalue weighted by atomic mass is 9.92. The van der Waals surface area contributed by atoms with E-state index in [4.69, 9.17) is 0 Å². The van der Waals surface area contributed by atoms with Crippen molar-refractivity contribution in [3.8, 4) is 0 Å². The molecule has 2 unspecified atom stereocenters. The minimum absolute atomic E-state index is 0.620. The number of aromatic nitrogens is 2. The van der Waals surface area contributed by atoms with Gasteiger partial charge in [-0.3, -0.25) is 0 Å². The van der Waals surface area contributed by atoms with Crippen LogP contribution in [0.2, 0.25) is 0 Å². The van der Waals surface area contributed by atoms with Gasteiger partial charge >= 0.3 is 0 Å². The Morgan fingerprint density at radius 3 is 1.12 bits per heavy atom. The minimum Gasteiger partial charge on any atom is -0.247 e. The number of H-pyrrole nitrogens is 1. The summed E-state index contributed by atoms with van der Waals surface area (Å²) in [6.07, 6.45) is 48.7. The van der Waals surface area contributed by atoms with Crippen LogP contribution in [-0.2, 0) is 0 Å². The summed E-state index contributed by atoms with van der Waals surface area (Å²) in [6, 6.07) is 0.620. The molecular formula is C40H79N2+. The molecule has 42 heavy (non-hydrogen) atoms. The highest BCUT2D eigenvalue weighted by molar-refractivity contribution is 4.90. The Kier molecular flexibility index (Phi) is 28.3. The molecule has 2 heteroatoms. The summed E-state index contributed by atoms with van der Waals surface area (Å²) in [4.78, 5) is 3.74. The van der Waals surface area contributed by atoms with Crippen LogP contribution in [0.4, 0.5) is 0 Å². The van der Waals surface area contributed by atoms with Crippen LogP contribution in [0.5, 0.6) is 0 Å². The number of imidazole rings is 1. The van der Waals surface area contributed by atoms with Crippen molar-refractivity contribution in [1.82, 2.24) is 4.98 Å². The van der Waals surface area contributed by atoms with Crippen LogP contribution in [0.3, 0.4) is 0 Å². The number of nitrogens with zero attached hydrogens (tertiary/aromatic N) is 1. The van der Waals surface area contributed by atoms with Crippen molar-refractivity contribution in [2.75, 3.05) is 0 Å². The van der Waals surface area contributed by atoms with Gasteiger partial charge < -0.3 is 0 Å². The SMILES string of the molecule is CCCCCCCCCCCCCCC(C)[n+]1cc[nH]c1C(CCCCCCCC)CCCCCCCCCCCC. The molecule has 0 saturated heterocycles. The van der Waals surface area contributed by atoms with Gasteiger partial charge in [-0.1, -0.05) is 194 Å². The number of aromatic amines is 1. The minimum atomic E-state index is 0.620. The zero-order valence-electron chi connectivity index (χ0n) is 29.7. The molecule has 0 aromatic carbocycles. The van der Waals surface area contributed by atoms with Crippen LogP contribution in [-0.4, -0.2) is 4.98 Å². The molecule has 0 aliphatic carbocycles. The second-order valence-electron chi connectivity index (χ2n) is 14.0. The summed E-state index contributed by atoms with van der Waals surface area (Å²) >= 11 is 0. The highest BCUT2D eigenvalue weighted by Crippen LogP contribution is 2.27. The van der Waals surface area contributed by atoms with E-state index >= 15 is 0 Å². The maximum atomic E-state index is 3.74. The van der Waals surface area contributed by atoms with Crippen molar-refractivity contribution in [2.45, 2.75) is 239 Å². The highest BCUT2D eigenvalue weighted by atomic mass is 15.1. The fraction of sp³-hybridized carbons (Fsp3) is 0.925. The van der Waals surface area contributed by atoms with Crippen molar-refractivity contribution in [3.05, 3.63) is 18.2 Å². The molecule has 2 atom stereocenters. The predicted molar refractivity (Wildman–Crippen MR) is 189 cm³/mol. The summed E-state index contributed by atoms with van der Waals surface area (Å²) in [5.41, 5.74) is 0. The quantitative estimate of drug-likeness (QED) is 0.0623. The van der Waals surface area contributed by atoms with Crippen molar-refractivity contribution >= 4 is 0 Å². The summed E-state index contributed by atoms with van der Waals surface area (Å²) < 4.78 is 2.64. The molecule has 0 radical (unpaired) electrons. The summed E-state index contributed by atoms with van der Waals surface area (Å²) in [7, 11) is 0. The third-order valence-corrected chi connectivity index (χ3v) is 9.89. The standard InChI is InChI=1S/C40H78N2/c1-5-8-11-14-17-19-21-22-23-25-27-30-33-38(4)42-37-36-41-40(42)39(34-31-28-16-13-10-7-3)35-32-29-26-24-20-18-15-12-9-6-2/h36-39H,5-35H2,1-4H3/p+1. The van der Waals surface area contributed by atoms with E-state index < -0.39 is 0 Å². The maximum absolute atomic E-state index is 3.74. The second kappa shape index (κ2) is 30.2. The molecule has 0 aliphatic rings. The van der Waals surface area contributed by atoms with E-state index in [2.05, 4.69) is 49.6 Å². The van der Waals surface area contributed by atoms with Gasteiger partial charge in [-0.05, 0) is 32.6 Å². The first-order valence-corrected chi connectivity index (χ1v) is 19.8. The van der Waals surface area contributed by atoms with Gasteiger partial charge in [0.15, 0.2) is 0 Å². The van der Waals surface area contributed by atoms with E-state index in [1.165, 1.54) is 205 Å². The number of unbranched alkanes of at least 4 members (excludes halogenated alkanes) is 25. The van der Waals surface area contributed by atoms with E-state index in [1.807, 2.05) is 0 Å². The lowest BCUT2D eigenvalue weighted by molar-refractivity contribution is -0.727. The molecule has 0 saturated carbocycles. The Labute approximate surface area is 266 Å².